The Bertz CT molecular complexity index is 1060. The van der Waals surface area contributed by atoms with Crippen LogP contribution in [0.1, 0.15) is 27.9 Å². The molecule has 0 aliphatic carbocycles. The highest BCUT2D eigenvalue weighted by molar-refractivity contribution is 6.05. The highest BCUT2D eigenvalue weighted by Gasteiger charge is 2.38. The molecule has 176 valence electrons. The molecule has 1 aliphatic rings. The summed E-state index contributed by atoms with van der Waals surface area (Å²) in [5.74, 6) is -2.89. The number of alkyl halides is 3. The van der Waals surface area contributed by atoms with Crippen molar-refractivity contribution in [3.63, 3.8) is 0 Å². The Hall–Kier alpha value is -3.86. The van der Waals surface area contributed by atoms with E-state index < -0.39 is 12.1 Å². The highest BCUT2D eigenvalue weighted by atomic mass is 19.4. The number of aliphatic carboxylic acids is 1. The van der Waals surface area contributed by atoms with Gasteiger partial charge in [0.15, 0.2) is 5.96 Å². The molecule has 0 fully saturated rings. The SMILES string of the molecule is Cc1cc(C2=CCNCC2)ccc1C(=O)Nc1ccc(N=C(N)N)cc1.O=C(O)C(F)(F)F. The predicted molar refractivity (Wildman–Crippen MR) is 120 cm³/mol. The molecule has 0 unspecified atom stereocenters. The summed E-state index contributed by atoms with van der Waals surface area (Å²) in [6.45, 7) is 3.84. The number of amides is 1. The van der Waals surface area contributed by atoms with E-state index in [2.05, 4.69) is 27.8 Å². The maximum Gasteiger partial charge on any atom is 0.490 e. The minimum Gasteiger partial charge on any atom is -0.475 e. The fourth-order valence-corrected chi connectivity index (χ4v) is 2.97. The van der Waals surface area contributed by atoms with Gasteiger partial charge in [0.05, 0.1) is 5.69 Å². The lowest BCUT2D eigenvalue weighted by molar-refractivity contribution is -0.192. The average Bonchev–Trinajstić information content (AvgIpc) is 2.75. The molecule has 1 heterocycles. The van der Waals surface area contributed by atoms with Gasteiger partial charge in [-0.2, -0.15) is 13.2 Å². The molecule has 0 saturated heterocycles. The largest absolute Gasteiger partial charge is 0.490 e. The monoisotopic (exact) mass is 463 g/mol. The Morgan fingerprint density at radius 3 is 2.24 bits per heavy atom. The van der Waals surface area contributed by atoms with Crippen molar-refractivity contribution in [2.24, 2.45) is 16.5 Å². The van der Waals surface area contributed by atoms with Crippen molar-refractivity contribution in [3.8, 4) is 0 Å². The lowest BCUT2D eigenvalue weighted by Crippen LogP contribution is -2.21. The zero-order valence-corrected chi connectivity index (χ0v) is 17.7. The van der Waals surface area contributed by atoms with E-state index in [0.29, 0.717) is 16.9 Å². The zero-order chi connectivity index (χ0) is 24.6. The molecule has 0 aromatic heterocycles. The van der Waals surface area contributed by atoms with Gasteiger partial charge in [-0.25, -0.2) is 9.79 Å². The summed E-state index contributed by atoms with van der Waals surface area (Å²) < 4.78 is 31.7. The molecule has 1 amide bonds. The normalized spacial score (nSPS) is 13.2. The van der Waals surface area contributed by atoms with Crippen LogP contribution in [0.5, 0.6) is 0 Å². The number of rotatable bonds is 4. The van der Waals surface area contributed by atoms with Crippen LogP contribution in [-0.2, 0) is 4.79 Å². The van der Waals surface area contributed by atoms with Crippen molar-refractivity contribution in [2.45, 2.75) is 19.5 Å². The van der Waals surface area contributed by atoms with Crippen LogP contribution in [0.2, 0.25) is 0 Å². The van der Waals surface area contributed by atoms with E-state index >= 15 is 0 Å². The van der Waals surface area contributed by atoms with Crippen LogP contribution in [0.25, 0.3) is 5.57 Å². The van der Waals surface area contributed by atoms with Crippen LogP contribution < -0.4 is 22.1 Å². The number of carbonyl (C=O) groups excluding carboxylic acids is 1. The van der Waals surface area contributed by atoms with Crippen molar-refractivity contribution in [3.05, 3.63) is 65.2 Å². The van der Waals surface area contributed by atoms with Crippen molar-refractivity contribution in [2.75, 3.05) is 18.4 Å². The molecule has 2 aromatic carbocycles. The van der Waals surface area contributed by atoms with E-state index in [4.69, 9.17) is 21.4 Å². The summed E-state index contributed by atoms with van der Waals surface area (Å²) in [5, 5.41) is 13.3. The Morgan fingerprint density at radius 1 is 1.12 bits per heavy atom. The van der Waals surface area contributed by atoms with Crippen LogP contribution in [0.15, 0.2) is 53.5 Å². The molecule has 1 aliphatic heterocycles. The van der Waals surface area contributed by atoms with Gasteiger partial charge in [-0.05, 0) is 66.9 Å². The van der Waals surface area contributed by atoms with Crippen molar-refractivity contribution < 1.29 is 27.9 Å². The number of carboxylic acid groups (broad SMARTS) is 1. The number of nitrogens with one attached hydrogen (secondary N) is 2. The zero-order valence-electron chi connectivity index (χ0n) is 17.7. The number of nitrogens with two attached hydrogens (primary N) is 2. The predicted octanol–water partition coefficient (Wildman–Crippen LogP) is 3.16. The number of carboxylic acids is 1. The van der Waals surface area contributed by atoms with Crippen molar-refractivity contribution in [1.82, 2.24) is 5.32 Å². The molecule has 0 spiro atoms. The number of guanidine groups is 1. The number of carbonyl (C=O) groups is 2. The second kappa shape index (κ2) is 11.1. The minimum atomic E-state index is -5.08. The molecule has 0 saturated carbocycles. The van der Waals surface area contributed by atoms with Crippen LogP contribution in [0.3, 0.4) is 0 Å². The molecule has 0 radical (unpaired) electrons. The Morgan fingerprint density at radius 2 is 1.76 bits per heavy atom. The molecule has 33 heavy (non-hydrogen) atoms. The van der Waals surface area contributed by atoms with Gasteiger partial charge in [0.1, 0.15) is 0 Å². The van der Waals surface area contributed by atoms with E-state index in [1.165, 1.54) is 11.1 Å². The van der Waals surface area contributed by atoms with Crippen LogP contribution in [0.4, 0.5) is 24.5 Å². The maximum absolute atomic E-state index is 12.6. The molecule has 7 N–H and O–H groups in total. The number of aliphatic imine (C=N–C) groups is 1. The van der Waals surface area contributed by atoms with E-state index in [1.807, 2.05) is 19.1 Å². The lowest BCUT2D eigenvalue weighted by Gasteiger charge is -2.16. The standard InChI is InChI=1S/C20H23N5O.C2HF3O2/c1-13-12-15(14-8-10-23-11-9-14)2-7-18(13)19(26)24-16-3-5-17(6-4-16)25-20(21)22;3-2(4,5)1(6)7/h2-8,12,23H,9-11H2,1H3,(H,24,26)(H4,21,22,25);(H,6,7). The third-order valence-electron chi connectivity index (χ3n) is 4.53. The smallest absolute Gasteiger partial charge is 0.475 e. The van der Waals surface area contributed by atoms with Gasteiger partial charge in [-0.1, -0.05) is 18.2 Å². The van der Waals surface area contributed by atoms with Gasteiger partial charge in [0.25, 0.3) is 5.91 Å². The summed E-state index contributed by atoms with van der Waals surface area (Å²) in [6.07, 6.45) is -1.87. The molecule has 0 bridgehead atoms. The van der Waals surface area contributed by atoms with Gasteiger partial charge < -0.3 is 27.2 Å². The van der Waals surface area contributed by atoms with Crippen LogP contribution in [-0.4, -0.2) is 42.2 Å². The number of aryl methyl sites for hydroxylation is 1. The molecule has 0 atom stereocenters. The number of halogens is 3. The molecule has 11 heteroatoms. The third-order valence-corrected chi connectivity index (χ3v) is 4.53. The van der Waals surface area contributed by atoms with E-state index in [1.54, 1.807) is 24.3 Å². The minimum absolute atomic E-state index is 0.00126. The van der Waals surface area contributed by atoms with Crippen molar-refractivity contribution in [1.29, 1.82) is 0 Å². The van der Waals surface area contributed by atoms with E-state index in [9.17, 15) is 18.0 Å². The number of benzene rings is 2. The second-order valence-corrected chi connectivity index (χ2v) is 7.05. The first-order chi connectivity index (χ1) is 15.5. The quantitative estimate of drug-likeness (QED) is 0.348. The maximum atomic E-state index is 12.6. The summed E-state index contributed by atoms with van der Waals surface area (Å²) in [4.78, 5) is 25.4. The number of nitrogens with zero attached hydrogens (tertiary/aromatic N) is 1. The lowest BCUT2D eigenvalue weighted by atomic mass is 9.96. The van der Waals surface area contributed by atoms with E-state index in [0.717, 1.165) is 25.1 Å². The average molecular weight is 463 g/mol. The first-order valence-corrected chi connectivity index (χ1v) is 9.79. The number of hydrogen-bond donors (Lipinski definition) is 5. The molecular formula is C22H24F3N5O3. The highest BCUT2D eigenvalue weighted by Crippen LogP contribution is 2.23. The van der Waals surface area contributed by atoms with Gasteiger partial charge in [-0.3, -0.25) is 4.79 Å². The van der Waals surface area contributed by atoms with Crippen LogP contribution >= 0.6 is 0 Å². The molecule has 8 nitrogen and oxygen atoms in total. The topological polar surface area (TPSA) is 143 Å². The Labute approximate surface area is 188 Å². The summed E-state index contributed by atoms with van der Waals surface area (Å²) >= 11 is 0. The summed E-state index contributed by atoms with van der Waals surface area (Å²) in [6, 6.07) is 13.0. The molecular weight excluding hydrogens is 439 g/mol. The molecule has 2 aromatic rings. The van der Waals surface area contributed by atoms with Gasteiger partial charge in [0.2, 0.25) is 0 Å². The first kappa shape index (κ1) is 25.4. The summed E-state index contributed by atoms with van der Waals surface area (Å²) in [5.41, 5.74) is 16.2. The fourth-order valence-electron chi connectivity index (χ4n) is 2.97. The van der Waals surface area contributed by atoms with Crippen molar-refractivity contribution >= 4 is 34.8 Å². The van der Waals surface area contributed by atoms with Crippen LogP contribution in [0, 0.1) is 6.92 Å². The Kier molecular flexibility index (Phi) is 8.57. The number of hydrogen-bond acceptors (Lipinski definition) is 4. The molecule has 3 rings (SSSR count). The number of anilines is 1. The van der Waals surface area contributed by atoms with Gasteiger partial charge >= 0.3 is 12.1 Å². The van der Waals surface area contributed by atoms with E-state index in [-0.39, 0.29) is 11.9 Å². The second-order valence-electron chi connectivity index (χ2n) is 7.05. The van der Waals surface area contributed by atoms with Gasteiger partial charge in [0, 0.05) is 17.8 Å². The van der Waals surface area contributed by atoms with Gasteiger partial charge in [-0.15, -0.1) is 0 Å². The third kappa shape index (κ3) is 7.96. The Balaban J connectivity index is 0.000000479. The summed E-state index contributed by atoms with van der Waals surface area (Å²) in [7, 11) is 0. The fraction of sp³-hybridized carbons (Fsp3) is 0.227. The first-order valence-electron chi connectivity index (χ1n) is 9.79.